The lowest BCUT2D eigenvalue weighted by molar-refractivity contribution is 0.102. The zero-order valence-corrected chi connectivity index (χ0v) is 18.2. The Hall–Kier alpha value is -3.71. The van der Waals surface area contributed by atoms with E-state index < -0.39 is 0 Å². The molecule has 1 amide bonds. The molecule has 5 rings (SSSR count). The average Bonchev–Trinajstić information content (AvgIpc) is 3.17. The topological polar surface area (TPSA) is 72.3 Å². The van der Waals surface area contributed by atoms with Crippen LogP contribution in [0.5, 0.6) is 0 Å². The number of rotatable bonds is 4. The fourth-order valence-electron chi connectivity index (χ4n) is 4.10. The quantitative estimate of drug-likeness (QED) is 0.532. The molecule has 7 nitrogen and oxygen atoms in total. The van der Waals surface area contributed by atoms with Gasteiger partial charge in [0.2, 0.25) is 0 Å². The molecule has 0 atom stereocenters. The molecule has 3 aromatic heterocycles. The van der Waals surface area contributed by atoms with E-state index in [0.717, 1.165) is 40.9 Å². The number of nitrogens with zero attached hydrogens (tertiary/aromatic N) is 4. The Kier molecular flexibility index (Phi) is 5.33. The van der Waals surface area contributed by atoms with Crippen LogP contribution in [0.25, 0.3) is 22.0 Å². The lowest BCUT2D eigenvalue weighted by Gasteiger charge is -2.27. The van der Waals surface area contributed by atoms with Gasteiger partial charge in [0.25, 0.3) is 5.91 Å². The molecular formula is C25H25N5O2. The van der Waals surface area contributed by atoms with E-state index in [-0.39, 0.29) is 5.91 Å². The SMILES string of the molecule is Cc1cc(-c2ccc3cnc(NC(=O)c4ccnc(N5CCOCC5)c4)cc3c2)n(C)c1. The van der Waals surface area contributed by atoms with Gasteiger partial charge >= 0.3 is 0 Å². The normalized spacial score (nSPS) is 14.0. The van der Waals surface area contributed by atoms with E-state index >= 15 is 0 Å². The van der Waals surface area contributed by atoms with E-state index in [1.165, 1.54) is 5.56 Å². The van der Waals surface area contributed by atoms with E-state index in [0.29, 0.717) is 24.6 Å². The zero-order chi connectivity index (χ0) is 22.1. The molecule has 162 valence electrons. The van der Waals surface area contributed by atoms with Gasteiger partial charge < -0.3 is 19.5 Å². The third-order valence-electron chi connectivity index (χ3n) is 5.74. The number of hydrogen-bond acceptors (Lipinski definition) is 5. The van der Waals surface area contributed by atoms with Gasteiger partial charge in [-0.2, -0.15) is 0 Å². The van der Waals surface area contributed by atoms with Crippen molar-refractivity contribution in [2.24, 2.45) is 7.05 Å². The number of benzene rings is 1. The number of morpholine rings is 1. The van der Waals surface area contributed by atoms with Gasteiger partial charge in [0, 0.05) is 55.4 Å². The van der Waals surface area contributed by atoms with Crippen LogP contribution in [0.15, 0.2) is 61.1 Å². The molecule has 32 heavy (non-hydrogen) atoms. The average molecular weight is 428 g/mol. The number of hydrogen-bond donors (Lipinski definition) is 1. The Balaban J connectivity index is 1.39. The van der Waals surface area contributed by atoms with Gasteiger partial charge in [0.15, 0.2) is 0 Å². The summed E-state index contributed by atoms with van der Waals surface area (Å²) in [6.07, 6.45) is 5.57. The summed E-state index contributed by atoms with van der Waals surface area (Å²) in [5.41, 5.74) is 4.05. The molecule has 1 aromatic carbocycles. The maximum atomic E-state index is 12.9. The maximum absolute atomic E-state index is 12.9. The van der Waals surface area contributed by atoms with Crippen molar-refractivity contribution in [2.75, 3.05) is 36.5 Å². The van der Waals surface area contributed by atoms with Crippen molar-refractivity contribution < 1.29 is 9.53 Å². The molecule has 0 bridgehead atoms. The van der Waals surface area contributed by atoms with Crippen LogP contribution in [0.4, 0.5) is 11.6 Å². The highest BCUT2D eigenvalue weighted by Crippen LogP contribution is 2.27. The van der Waals surface area contributed by atoms with Crippen molar-refractivity contribution >= 4 is 28.3 Å². The third kappa shape index (κ3) is 4.07. The summed E-state index contributed by atoms with van der Waals surface area (Å²) < 4.78 is 7.52. The lowest BCUT2D eigenvalue weighted by atomic mass is 10.1. The van der Waals surface area contributed by atoms with Crippen molar-refractivity contribution in [1.29, 1.82) is 0 Å². The molecule has 0 saturated carbocycles. The Bertz CT molecular complexity index is 1290. The summed E-state index contributed by atoms with van der Waals surface area (Å²) in [4.78, 5) is 23.9. The number of amides is 1. The van der Waals surface area contributed by atoms with Gasteiger partial charge in [-0.15, -0.1) is 0 Å². The number of pyridine rings is 2. The molecule has 0 radical (unpaired) electrons. The number of ether oxygens (including phenoxy) is 1. The first-order valence-electron chi connectivity index (χ1n) is 10.7. The van der Waals surface area contributed by atoms with Gasteiger partial charge in [-0.3, -0.25) is 4.79 Å². The number of carbonyl (C=O) groups is 1. The van der Waals surface area contributed by atoms with E-state index in [9.17, 15) is 4.79 Å². The molecule has 1 fully saturated rings. The summed E-state index contributed by atoms with van der Waals surface area (Å²) in [5, 5.41) is 4.98. The summed E-state index contributed by atoms with van der Waals surface area (Å²) in [6, 6.07) is 13.9. The number of aromatic nitrogens is 3. The third-order valence-corrected chi connectivity index (χ3v) is 5.74. The number of fused-ring (bicyclic) bond motifs is 1. The summed E-state index contributed by atoms with van der Waals surface area (Å²) in [7, 11) is 2.05. The highest BCUT2D eigenvalue weighted by Gasteiger charge is 2.15. The van der Waals surface area contributed by atoms with Crippen LogP contribution < -0.4 is 10.2 Å². The Morgan fingerprint density at radius 1 is 1.03 bits per heavy atom. The highest BCUT2D eigenvalue weighted by atomic mass is 16.5. The van der Waals surface area contributed by atoms with Crippen LogP contribution in [0.1, 0.15) is 15.9 Å². The minimum Gasteiger partial charge on any atom is -0.378 e. The molecule has 4 heterocycles. The number of nitrogens with one attached hydrogen (secondary N) is 1. The maximum Gasteiger partial charge on any atom is 0.257 e. The first-order valence-corrected chi connectivity index (χ1v) is 10.7. The molecule has 1 aliphatic heterocycles. The summed E-state index contributed by atoms with van der Waals surface area (Å²) in [5.74, 6) is 1.10. The van der Waals surface area contributed by atoms with Crippen molar-refractivity contribution in [3.05, 3.63) is 72.2 Å². The molecule has 1 N–H and O–H groups in total. The second-order valence-electron chi connectivity index (χ2n) is 8.10. The predicted molar refractivity (Wildman–Crippen MR) is 126 cm³/mol. The zero-order valence-electron chi connectivity index (χ0n) is 18.2. The molecule has 4 aromatic rings. The van der Waals surface area contributed by atoms with E-state index in [1.54, 1.807) is 18.5 Å². The van der Waals surface area contributed by atoms with E-state index in [1.807, 2.05) is 19.2 Å². The minimum absolute atomic E-state index is 0.206. The molecule has 0 aliphatic carbocycles. The number of anilines is 2. The molecule has 7 heteroatoms. The van der Waals surface area contributed by atoms with Gasteiger partial charge in [-0.05, 0) is 53.8 Å². The molecule has 0 spiro atoms. The standard InChI is InChI=1S/C25H25N5O2/c1-17-11-22(29(2)16-17)18-3-4-20-15-27-23(13-21(20)12-18)28-25(31)19-5-6-26-24(14-19)30-7-9-32-10-8-30/h3-6,11-16H,7-10H2,1-2H3,(H,27,28,31). The summed E-state index contributed by atoms with van der Waals surface area (Å²) in [6.45, 7) is 4.97. The largest absolute Gasteiger partial charge is 0.378 e. The molecule has 0 unspecified atom stereocenters. The lowest BCUT2D eigenvalue weighted by Crippen LogP contribution is -2.36. The van der Waals surface area contributed by atoms with Crippen LogP contribution in [-0.4, -0.2) is 46.7 Å². The van der Waals surface area contributed by atoms with E-state index in [2.05, 4.69) is 62.1 Å². The Labute approximate surface area is 186 Å². The first-order chi connectivity index (χ1) is 15.6. The summed E-state index contributed by atoms with van der Waals surface area (Å²) >= 11 is 0. The fraction of sp³-hybridized carbons (Fsp3) is 0.240. The van der Waals surface area contributed by atoms with E-state index in [4.69, 9.17) is 4.74 Å². The second-order valence-corrected chi connectivity index (χ2v) is 8.10. The highest BCUT2D eigenvalue weighted by molar-refractivity contribution is 6.05. The van der Waals surface area contributed by atoms with Gasteiger partial charge in [0.1, 0.15) is 11.6 Å². The van der Waals surface area contributed by atoms with Crippen LogP contribution in [-0.2, 0) is 11.8 Å². The predicted octanol–water partition coefficient (Wildman–Crippen LogP) is 4.03. The number of aryl methyl sites for hydroxylation is 2. The van der Waals surface area contributed by atoms with Crippen LogP contribution in [0.2, 0.25) is 0 Å². The van der Waals surface area contributed by atoms with Crippen molar-refractivity contribution in [1.82, 2.24) is 14.5 Å². The molecule has 1 saturated heterocycles. The van der Waals surface area contributed by atoms with Gasteiger partial charge in [-0.1, -0.05) is 12.1 Å². The Morgan fingerprint density at radius 3 is 2.66 bits per heavy atom. The molecular weight excluding hydrogens is 402 g/mol. The van der Waals surface area contributed by atoms with Gasteiger partial charge in [-0.25, -0.2) is 9.97 Å². The second kappa shape index (κ2) is 8.43. The van der Waals surface area contributed by atoms with Crippen LogP contribution in [0.3, 0.4) is 0 Å². The van der Waals surface area contributed by atoms with Crippen LogP contribution >= 0.6 is 0 Å². The van der Waals surface area contributed by atoms with Crippen molar-refractivity contribution in [3.63, 3.8) is 0 Å². The van der Waals surface area contributed by atoms with Crippen molar-refractivity contribution in [3.8, 4) is 11.3 Å². The monoisotopic (exact) mass is 427 g/mol. The fourth-order valence-corrected chi connectivity index (χ4v) is 4.10. The Morgan fingerprint density at radius 2 is 1.88 bits per heavy atom. The first kappa shape index (κ1) is 20.2. The van der Waals surface area contributed by atoms with Gasteiger partial charge in [0.05, 0.1) is 13.2 Å². The number of carbonyl (C=O) groups excluding carboxylic acids is 1. The minimum atomic E-state index is -0.206. The smallest absolute Gasteiger partial charge is 0.257 e. The van der Waals surface area contributed by atoms with Crippen LogP contribution in [0, 0.1) is 6.92 Å². The molecule has 1 aliphatic rings. The van der Waals surface area contributed by atoms with Crippen molar-refractivity contribution in [2.45, 2.75) is 6.92 Å².